The lowest BCUT2D eigenvalue weighted by Gasteiger charge is -2.23. The van der Waals surface area contributed by atoms with Gasteiger partial charge in [-0.2, -0.15) is 0 Å². The molecule has 1 aliphatic heterocycles. The minimum Gasteiger partial charge on any atom is -0.299 e. The summed E-state index contributed by atoms with van der Waals surface area (Å²) < 4.78 is 13.9. The van der Waals surface area contributed by atoms with Crippen molar-refractivity contribution in [2.24, 2.45) is 0 Å². The molecule has 24 heavy (non-hydrogen) atoms. The second-order valence-corrected chi connectivity index (χ2v) is 8.02. The van der Waals surface area contributed by atoms with Crippen molar-refractivity contribution in [3.8, 4) is 0 Å². The van der Waals surface area contributed by atoms with Gasteiger partial charge in [-0.15, -0.1) is 10.2 Å². The van der Waals surface area contributed by atoms with Crippen molar-refractivity contribution < 1.29 is 9.18 Å². The molecular formula is C16H19FN4OS2. The fourth-order valence-electron chi connectivity index (χ4n) is 2.86. The summed E-state index contributed by atoms with van der Waals surface area (Å²) in [5, 5.41) is 11.4. The molecule has 1 saturated heterocycles. The Morgan fingerprint density at radius 1 is 1.42 bits per heavy atom. The molecule has 0 bridgehead atoms. The van der Waals surface area contributed by atoms with Crippen molar-refractivity contribution >= 4 is 34.1 Å². The van der Waals surface area contributed by atoms with E-state index < -0.39 is 0 Å². The Labute approximate surface area is 148 Å². The minimum absolute atomic E-state index is 0.0896. The Morgan fingerprint density at radius 3 is 2.96 bits per heavy atom. The first kappa shape index (κ1) is 17.3. The van der Waals surface area contributed by atoms with Crippen LogP contribution in [-0.2, 0) is 4.79 Å². The zero-order valence-corrected chi connectivity index (χ0v) is 15.0. The Balaban J connectivity index is 1.59. The average molecular weight is 366 g/mol. The van der Waals surface area contributed by atoms with Gasteiger partial charge >= 0.3 is 0 Å². The van der Waals surface area contributed by atoms with E-state index in [9.17, 15) is 9.18 Å². The highest BCUT2D eigenvalue weighted by molar-refractivity contribution is 8.01. The van der Waals surface area contributed by atoms with E-state index in [4.69, 9.17) is 0 Å². The zero-order valence-electron chi connectivity index (χ0n) is 13.4. The number of nitrogens with zero attached hydrogens (tertiary/aromatic N) is 3. The maximum atomic E-state index is 13.1. The third-order valence-electron chi connectivity index (χ3n) is 3.89. The topological polar surface area (TPSA) is 58.1 Å². The summed E-state index contributed by atoms with van der Waals surface area (Å²) in [4.78, 5) is 14.4. The Hall–Kier alpha value is -1.51. The van der Waals surface area contributed by atoms with Gasteiger partial charge in [-0.3, -0.25) is 15.0 Å². The van der Waals surface area contributed by atoms with Gasteiger partial charge in [0.2, 0.25) is 11.0 Å². The average Bonchev–Trinajstić information content (AvgIpc) is 3.18. The number of hydrogen-bond acceptors (Lipinski definition) is 6. The van der Waals surface area contributed by atoms with Crippen LogP contribution in [0.4, 0.5) is 9.52 Å². The van der Waals surface area contributed by atoms with Gasteiger partial charge in [0.15, 0.2) is 4.34 Å². The second kappa shape index (κ2) is 8.04. The molecule has 5 nitrogen and oxygen atoms in total. The molecular weight excluding hydrogens is 347 g/mol. The Bertz CT molecular complexity index is 692. The summed E-state index contributed by atoms with van der Waals surface area (Å²) in [5.41, 5.74) is 1.05. The lowest BCUT2D eigenvalue weighted by Crippen LogP contribution is -2.32. The van der Waals surface area contributed by atoms with Crippen LogP contribution < -0.4 is 5.32 Å². The fourth-order valence-corrected chi connectivity index (χ4v) is 4.53. The van der Waals surface area contributed by atoms with Gasteiger partial charge in [-0.25, -0.2) is 4.39 Å². The third kappa shape index (κ3) is 4.31. The number of likely N-dealkylation sites (tertiary alicyclic amines) is 1. The van der Waals surface area contributed by atoms with E-state index in [0.29, 0.717) is 11.7 Å². The summed E-state index contributed by atoms with van der Waals surface area (Å²) in [6, 6.07) is 6.71. The summed E-state index contributed by atoms with van der Waals surface area (Å²) in [7, 11) is 0. The minimum atomic E-state index is -0.238. The molecule has 0 radical (unpaired) electrons. The number of thioether (sulfide) groups is 1. The lowest BCUT2D eigenvalue weighted by atomic mass is 10.0. The lowest BCUT2D eigenvalue weighted by molar-refractivity contribution is -0.117. The molecule has 8 heteroatoms. The van der Waals surface area contributed by atoms with E-state index in [2.05, 4.69) is 20.4 Å². The summed E-state index contributed by atoms with van der Waals surface area (Å²) in [6.07, 6.45) is 2.01. The molecule has 0 spiro atoms. The maximum Gasteiger partial charge on any atom is 0.240 e. The highest BCUT2D eigenvalue weighted by Crippen LogP contribution is 2.32. The first-order valence-corrected chi connectivity index (χ1v) is 9.71. The van der Waals surface area contributed by atoms with Gasteiger partial charge < -0.3 is 0 Å². The number of anilines is 1. The standard InChI is InChI=1S/C16H19FN4OS2/c1-2-23-16-20-19-15(24-16)18-14(22)10-21-9-3-4-13(21)11-5-7-12(17)8-6-11/h5-8,13H,2-4,9-10H2,1H3,(H,18,19,22)/t13-/m1/s1. The van der Waals surface area contributed by atoms with Gasteiger partial charge in [0.1, 0.15) is 5.82 Å². The van der Waals surface area contributed by atoms with E-state index in [0.717, 1.165) is 35.0 Å². The highest BCUT2D eigenvalue weighted by Gasteiger charge is 2.27. The molecule has 2 heterocycles. The molecule has 1 aromatic heterocycles. The number of aromatic nitrogens is 2. The predicted molar refractivity (Wildman–Crippen MR) is 94.9 cm³/mol. The van der Waals surface area contributed by atoms with Crippen molar-refractivity contribution in [1.82, 2.24) is 15.1 Å². The summed E-state index contributed by atoms with van der Waals surface area (Å²) >= 11 is 3.00. The first-order chi connectivity index (χ1) is 11.7. The van der Waals surface area contributed by atoms with Crippen LogP contribution in [0.2, 0.25) is 0 Å². The van der Waals surface area contributed by atoms with Crippen LogP contribution in [-0.4, -0.2) is 39.8 Å². The monoisotopic (exact) mass is 366 g/mol. The van der Waals surface area contributed by atoms with Gasteiger partial charge in [0, 0.05) is 6.04 Å². The molecule has 0 saturated carbocycles. The van der Waals surface area contributed by atoms with Gasteiger partial charge in [-0.05, 0) is 42.8 Å². The molecule has 1 aromatic carbocycles. The van der Waals surface area contributed by atoms with Crippen LogP contribution in [0, 0.1) is 5.82 Å². The quantitative estimate of drug-likeness (QED) is 0.626. The van der Waals surface area contributed by atoms with E-state index in [1.807, 2.05) is 6.92 Å². The Morgan fingerprint density at radius 2 is 2.21 bits per heavy atom. The molecule has 128 valence electrons. The van der Waals surface area contributed by atoms with Crippen LogP contribution in [0.25, 0.3) is 0 Å². The highest BCUT2D eigenvalue weighted by atomic mass is 32.2. The molecule has 3 rings (SSSR count). The SMILES string of the molecule is CCSc1nnc(NC(=O)CN2CCC[C@@H]2c2ccc(F)cc2)s1. The smallest absolute Gasteiger partial charge is 0.240 e. The van der Waals surface area contributed by atoms with Crippen LogP contribution >= 0.6 is 23.1 Å². The van der Waals surface area contributed by atoms with E-state index in [1.54, 1.807) is 23.9 Å². The number of halogens is 1. The zero-order chi connectivity index (χ0) is 16.9. The third-order valence-corrected chi connectivity index (χ3v) is 5.74. The number of hydrogen-bond donors (Lipinski definition) is 1. The Kier molecular flexibility index (Phi) is 5.80. The summed E-state index contributed by atoms with van der Waals surface area (Å²) in [5.74, 6) is 0.599. The van der Waals surface area contributed by atoms with Gasteiger partial charge in [0.25, 0.3) is 0 Å². The predicted octanol–water partition coefficient (Wildman–Crippen LogP) is 3.56. The first-order valence-electron chi connectivity index (χ1n) is 7.91. The molecule has 1 fully saturated rings. The van der Waals surface area contributed by atoms with E-state index >= 15 is 0 Å². The number of nitrogens with one attached hydrogen (secondary N) is 1. The van der Waals surface area contributed by atoms with Crippen LogP contribution in [0.3, 0.4) is 0 Å². The van der Waals surface area contributed by atoms with Crippen LogP contribution in [0.5, 0.6) is 0 Å². The second-order valence-electron chi connectivity index (χ2n) is 5.53. The molecule has 2 aromatic rings. The number of amides is 1. The number of carbonyl (C=O) groups excluding carboxylic acids is 1. The van der Waals surface area contributed by atoms with Crippen LogP contribution in [0.1, 0.15) is 31.4 Å². The maximum absolute atomic E-state index is 13.1. The molecule has 1 aliphatic rings. The number of rotatable bonds is 6. The van der Waals surface area contributed by atoms with E-state index in [1.165, 1.54) is 23.5 Å². The van der Waals surface area contributed by atoms with Gasteiger partial charge in [-0.1, -0.05) is 42.2 Å². The number of carbonyl (C=O) groups is 1. The van der Waals surface area contributed by atoms with Crippen LogP contribution in [0.15, 0.2) is 28.6 Å². The van der Waals surface area contributed by atoms with Gasteiger partial charge in [0.05, 0.1) is 6.54 Å². The largest absolute Gasteiger partial charge is 0.299 e. The molecule has 0 aliphatic carbocycles. The molecule has 1 N–H and O–H groups in total. The fraction of sp³-hybridized carbons (Fsp3) is 0.438. The van der Waals surface area contributed by atoms with Crippen molar-refractivity contribution in [3.05, 3.63) is 35.6 Å². The van der Waals surface area contributed by atoms with E-state index in [-0.39, 0.29) is 17.8 Å². The summed E-state index contributed by atoms with van der Waals surface area (Å²) in [6.45, 7) is 3.22. The molecule has 0 unspecified atom stereocenters. The molecule has 1 atom stereocenters. The van der Waals surface area contributed by atoms with Crippen molar-refractivity contribution in [2.45, 2.75) is 30.1 Å². The number of benzene rings is 1. The normalized spacial score (nSPS) is 18.0. The molecule has 1 amide bonds. The van der Waals surface area contributed by atoms with Crippen molar-refractivity contribution in [1.29, 1.82) is 0 Å². The van der Waals surface area contributed by atoms with Crippen molar-refractivity contribution in [3.63, 3.8) is 0 Å². The van der Waals surface area contributed by atoms with Crippen molar-refractivity contribution in [2.75, 3.05) is 24.2 Å².